The normalized spacial score (nSPS) is 42.0. The first kappa shape index (κ1) is 11.0. The molecule has 0 aromatic heterocycles. The molecule has 0 saturated heterocycles. The topological polar surface area (TPSA) is 46.2 Å². The Hall–Kier alpha value is -0.0800. The van der Waals surface area contributed by atoms with Crippen LogP contribution in [0.15, 0.2) is 0 Å². The molecule has 1 rings (SSSR count). The molecule has 0 aliphatic heterocycles. The summed E-state index contributed by atoms with van der Waals surface area (Å²) < 4.78 is 0. The number of nitrogens with two attached hydrogens (primary N) is 1. The molecule has 0 heterocycles. The molecule has 0 bridgehead atoms. The van der Waals surface area contributed by atoms with E-state index in [-0.39, 0.29) is 0 Å². The van der Waals surface area contributed by atoms with Gasteiger partial charge in [0.1, 0.15) is 0 Å². The van der Waals surface area contributed by atoms with Crippen LogP contribution in [0, 0.1) is 11.8 Å². The molecular formula is C11H23NO. The van der Waals surface area contributed by atoms with Crippen molar-refractivity contribution in [3.8, 4) is 0 Å². The minimum absolute atomic E-state index is 0.476. The lowest BCUT2D eigenvalue weighted by molar-refractivity contribution is -0.0791. The van der Waals surface area contributed by atoms with E-state index in [1.54, 1.807) is 0 Å². The number of hydrogen-bond acceptors (Lipinski definition) is 2. The van der Waals surface area contributed by atoms with Gasteiger partial charge in [-0.2, -0.15) is 0 Å². The summed E-state index contributed by atoms with van der Waals surface area (Å²) in [7, 11) is 0. The number of aliphatic hydroxyl groups is 1. The molecule has 0 radical (unpaired) electrons. The summed E-state index contributed by atoms with van der Waals surface area (Å²) in [5.74, 6) is 1.19. The lowest BCUT2D eigenvalue weighted by Crippen LogP contribution is -2.59. The predicted octanol–water partition coefficient (Wildman–Crippen LogP) is 1.91. The van der Waals surface area contributed by atoms with Crippen LogP contribution in [0.25, 0.3) is 0 Å². The fraction of sp³-hybridized carbons (Fsp3) is 1.00. The highest BCUT2D eigenvalue weighted by atomic mass is 16.3. The molecule has 2 atom stereocenters. The van der Waals surface area contributed by atoms with Gasteiger partial charge in [-0.1, -0.05) is 13.8 Å². The van der Waals surface area contributed by atoms with Crippen molar-refractivity contribution in [3.05, 3.63) is 0 Å². The van der Waals surface area contributed by atoms with Crippen molar-refractivity contribution < 1.29 is 5.11 Å². The lowest BCUT2D eigenvalue weighted by atomic mass is 9.66. The molecule has 78 valence electrons. The van der Waals surface area contributed by atoms with Crippen LogP contribution in [0.4, 0.5) is 0 Å². The zero-order valence-corrected chi connectivity index (χ0v) is 9.30. The van der Waals surface area contributed by atoms with Crippen LogP contribution in [-0.4, -0.2) is 16.2 Å². The van der Waals surface area contributed by atoms with Gasteiger partial charge in [0.25, 0.3) is 0 Å². The van der Waals surface area contributed by atoms with Gasteiger partial charge in [0.15, 0.2) is 0 Å². The number of hydrogen-bond donors (Lipinski definition) is 2. The highest BCUT2D eigenvalue weighted by Crippen LogP contribution is 2.40. The molecule has 0 aromatic rings. The van der Waals surface area contributed by atoms with E-state index in [1.807, 2.05) is 13.8 Å². The molecule has 2 unspecified atom stereocenters. The van der Waals surface area contributed by atoms with E-state index in [2.05, 4.69) is 13.8 Å². The average Bonchev–Trinajstić information content (AvgIpc) is 1.79. The average molecular weight is 185 g/mol. The van der Waals surface area contributed by atoms with E-state index < -0.39 is 11.1 Å². The van der Waals surface area contributed by atoms with Gasteiger partial charge < -0.3 is 10.8 Å². The highest BCUT2D eigenvalue weighted by molar-refractivity contribution is 5.01. The van der Waals surface area contributed by atoms with Gasteiger partial charge >= 0.3 is 0 Å². The molecule has 2 nitrogen and oxygen atoms in total. The first-order valence-corrected chi connectivity index (χ1v) is 5.26. The zero-order valence-electron chi connectivity index (χ0n) is 9.30. The fourth-order valence-corrected chi connectivity index (χ4v) is 2.62. The smallest absolute Gasteiger partial charge is 0.0826 e. The van der Waals surface area contributed by atoms with Crippen LogP contribution in [-0.2, 0) is 0 Å². The molecule has 1 aliphatic rings. The third kappa shape index (κ3) is 2.23. The summed E-state index contributed by atoms with van der Waals surface area (Å²) in [6.45, 7) is 8.26. The highest BCUT2D eigenvalue weighted by Gasteiger charge is 2.45. The van der Waals surface area contributed by atoms with Gasteiger partial charge in [0.2, 0.25) is 0 Å². The van der Waals surface area contributed by atoms with Crippen molar-refractivity contribution in [2.24, 2.45) is 17.6 Å². The van der Waals surface area contributed by atoms with Crippen molar-refractivity contribution in [3.63, 3.8) is 0 Å². The summed E-state index contributed by atoms with van der Waals surface area (Å²) in [6.07, 6.45) is 2.92. The SMILES string of the molecule is CC1CC(C)CC(O)(C(C)(C)N)C1. The molecule has 2 heteroatoms. The van der Waals surface area contributed by atoms with Crippen molar-refractivity contribution in [1.82, 2.24) is 0 Å². The third-order valence-electron chi connectivity index (χ3n) is 3.38. The van der Waals surface area contributed by atoms with E-state index in [4.69, 9.17) is 5.73 Å². The van der Waals surface area contributed by atoms with Crippen LogP contribution in [0.5, 0.6) is 0 Å². The summed E-state index contributed by atoms with van der Waals surface area (Å²) in [6, 6.07) is 0. The summed E-state index contributed by atoms with van der Waals surface area (Å²) in [4.78, 5) is 0. The largest absolute Gasteiger partial charge is 0.388 e. The van der Waals surface area contributed by atoms with Gasteiger partial charge in [0, 0.05) is 5.54 Å². The second kappa shape index (κ2) is 3.25. The Bertz CT molecular complexity index is 173. The third-order valence-corrected chi connectivity index (χ3v) is 3.38. The van der Waals surface area contributed by atoms with Gasteiger partial charge in [-0.25, -0.2) is 0 Å². The summed E-state index contributed by atoms with van der Waals surface area (Å²) in [5.41, 5.74) is 4.88. The molecule has 0 spiro atoms. The maximum absolute atomic E-state index is 10.4. The minimum Gasteiger partial charge on any atom is -0.388 e. The molecule has 1 fully saturated rings. The molecule has 3 N–H and O–H groups in total. The van der Waals surface area contributed by atoms with Crippen molar-refractivity contribution in [2.75, 3.05) is 0 Å². The molecule has 1 saturated carbocycles. The maximum Gasteiger partial charge on any atom is 0.0826 e. The van der Waals surface area contributed by atoms with E-state index in [0.29, 0.717) is 11.8 Å². The maximum atomic E-state index is 10.4. The van der Waals surface area contributed by atoms with E-state index in [9.17, 15) is 5.11 Å². The first-order valence-electron chi connectivity index (χ1n) is 5.26. The van der Waals surface area contributed by atoms with Gasteiger partial charge in [0.05, 0.1) is 5.60 Å². The molecule has 0 aromatic carbocycles. The van der Waals surface area contributed by atoms with Gasteiger partial charge in [-0.3, -0.25) is 0 Å². The van der Waals surface area contributed by atoms with E-state index in [0.717, 1.165) is 12.8 Å². The Balaban J connectivity index is 2.78. The molecular weight excluding hydrogens is 162 g/mol. The molecule has 13 heavy (non-hydrogen) atoms. The van der Waals surface area contributed by atoms with Crippen LogP contribution in [0.2, 0.25) is 0 Å². The van der Waals surface area contributed by atoms with E-state index >= 15 is 0 Å². The monoisotopic (exact) mass is 185 g/mol. The number of rotatable bonds is 1. The Morgan fingerprint density at radius 3 is 1.92 bits per heavy atom. The predicted molar refractivity (Wildman–Crippen MR) is 55.4 cm³/mol. The minimum atomic E-state index is -0.663. The Labute approximate surface area is 81.5 Å². The zero-order chi connectivity index (χ0) is 10.3. The Morgan fingerprint density at radius 2 is 1.62 bits per heavy atom. The van der Waals surface area contributed by atoms with Crippen molar-refractivity contribution in [1.29, 1.82) is 0 Å². The second-order valence-electron chi connectivity index (χ2n) is 5.61. The molecule has 1 aliphatic carbocycles. The van der Waals surface area contributed by atoms with Crippen LogP contribution in [0.1, 0.15) is 47.0 Å². The first-order chi connectivity index (χ1) is 5.74. The Morgan fingerprint density at radius 1 is 1.23 bits per heavy atom. The van der Waals surface area contributed by atoms with Gasteiger partial charge in [-0.15, -0.1) is 0 Å². The second-order valence-corrected chi connectivity index (χ2v) is 5.61. The fourth-order valence-electron chi connectivity index (χ4n) is 2.62. The van der Waals surface area contributed by atoms with Crippen LogP contribution >= 0.6 is 0 Å². The summed E-state index contributed by atoms with van der Waals surface area (Å²) in [5, 5.41) is 10.4. The quantitative estimate of drug-likeness (QED) is 0.655. The van der Waals surface area contributed by atoms with Gasteiger partial charge in [-0.05, 0) is 44.9 Å². The van der Waals surface area contributed by atoms with E-state index in [1.165, 1.54) is 6.42 Å². The van der Waals surface area contributed by atoms with Crippen LogP contribution in [0.3, 0.4) is 0 Å². The van der Waals surface area contributed by atoms with Crippen LogP contribution < -0.4 is 5.73 Å². The van der Waals surface area contributed by atoms with Crippen molar-refractivity contribution >= 4 is 0 Å². The standard InChI is InChI=1S/C11H23NO/c1-8-5-9(2)7-11(13,6-8)10(3,4)12/h8-9,13H,5-7,12H2,1-4H3. The van der Waals surface area contributed by atoms with Crippen molar-refractivity contribution in [2.45, 2.75) is 58.1 Å². The molecule has 0 amide bonds. The Kier molecular flexibility index (Phi) is 2.75. The lowest BCUT2D eigenvalue weighted by Gasteiger charge is -2.47. The summed E-state index contributed by atoms with van der Waals surface area (Å²) >= 11 is 0.